The number of hydrogen-bond acceptors (Lipinski definition) is 4. The summed E-state index contributed by atoms with van der Waals surface area (Å²) in [5.74, 6) is 0.783. The predicted molar refractivity (Wildman–Crippen MR) is 103 cm³/mol. The molecule has 0 saturated heterocycles. The van der Waals surface area contributed by atoms with E-state index in [1.54, 1.807) is 6.07 Å². The largest absolute Gasteiger partial charge is 0.454 e. The molecule has 0 spiro atoms. The van der Waals surface area contributed by atoms with Crippen molar-refractivity contribution in [1.29, 1.82) is 0 Å². The van der Waals surface area contributed by atoms with Crippen LogP contribution in [0.4, 0.5) is 0 Å². The number of nitrogens with one attached hydrogen (secondary N) is 1. The average Bonchev–Trinajstić information content (AvgIpc) is 3.28. The lowest BCUT2D eigenvalue weighted by molar-refractivity contribution is 0.0923. The van der Waals surface area contributed by atoms with Gasteiger partial charge in [0.2, 0.25) is 0 Å². The molecule has 0 saturated carbocycles. The topological polar surface area (TPSA) is 77.9 Å². The lowest BCUT2D eigenvalue weighted by atomic mass is 10.3. The number of carbonyl (C=O) groups is 1. The first-order valence-corrected chi connectivity index (χ1v) is 9.30. The molecule has 0 atom stereocenters. The van der Waals surface area contributed by atoms with E-state index in [4.69, 9.17) is 16.0 Å². The number of aryl methyl sites for hydroxylation is 4. The van der Waals surface area contributed by atoms with E-state index >= 15 is 0 Å². The van der Waals surface area contributed by atoms with Crippen LogP contribution in [0, 0.1) is 27.7 Å². The van der Waals surface area contributed by atoms with Crippen LogP contribution < -0.4 is 5.32 Å². The highest BCUT2D eigenvalue weighted by molar-refractivity contribution is 6.31. The Balaban J connectivity index is 1.49. The van der Waals surface area contributed by atoms with Crippen LogP contribution in [0.5, 0.6) is 0 Å². The molecule has 3 aromatic heterocycles. The van der Waals surface area contributed by atoms with Gasteiger partial charge >= 0.3 is 0 Å². The Labute approximate surface area is 163 Å². The molecule has 27 heavy (non-hydrogen) atoms. The Hall–Kier alpha value is -2.54. The zero-order valence-corrected chi connectivity index (χ0v) is 16.8. The fraction of sp³-hybridized carbons (Fsp3) is 0.421. The van der Waals surface area contributed by atoms with E-state index in [1.807, 2.05) is 49.2 Å². The molecule has 8 heteroatoms. The number of furan rings is 1. The van der Waals surface area contributed by atoms with Crippen molar-refractivity contribution >= 4 is 17.5 Å². The maximum atomic E-state index is 12.2. The number of rotatable bonds is 7. The third-order valence-electron chi connectivity index (χ3n) is 4.42. The van der Waals surface area contributed by atoms with Crippen LogP contribution in [0.3, 0.4) is 0 Å². The number of nitrogens with zero attached hydrogens (tertiary/aromatic N) is 4. The van der Waals surface area contributed by atoms with Crippen molar-refractivity contribution in [3.05, 3.63) is 57.5 Å². The van der Waals surface area contributed by atoms with Crippen molar-refractivity contribution in [2.24, 2.45) is 0 Å². The Bertz CT molecular complexity index is 954. The summed E-state index contributed by atoms with van der Waals surface area (Å²) in [7, 11) is 0. The van der Waals surface area contributed by atoms with E-state index in [-0.39, 0.29) is 5.91 Å². The standard InChI is InChI=1S/C19H24ClN5O2/c1-12-10-13(2)25(22-12)11-16-6-7-17(27-16)19(26)21-8-5-9-24-15(4)18(20)14(3)23-24/h6-7,10H,5,8-9,11H2,1-4H3,(H,21,26). The molecule has 1 amide bonds. The monoisotopic (exact) mass is 389 g/mol. The minimum absolute atomic E-state index is 0.221. The molecular formula is C19H24ClN5O2. The smallest absolute Gasteiger partial charge is 0.286 e. The van der Waals surface area contributed by atoms with Gasteiger partial charge in [-0.15, -0.1) is 0 Å². The molecule has 0 aromatic carbocycles. The molecule has 0 fully saturated rings. The van der Waals surface area contributed by atoms with Gasteiger partial charge in [-0.2, -0.15) is 10.2 Å². The SMILES string of the molecule is Cc1cc(C)n(Cc2ccc(C(=O)NCCCn3nc(C)c(Cl)c3C)o2)n1. The van der Waals surface area contributed by atoms with Crippen LogP contribution in [0.15, 0.2) is 22.6 Å². The maximum absolute atomic E-state index is 12.2. The molecule has 7 nitrogen and oxygen atoms in total. The second-order valence-electron chi connectivity index (χ2n) is 6.67. The van der Waals surface area contributed by atoms with Gasteiger partial charge in [0.15, 0.2) is 5.76 Å². The Morgan fingerprint density at radius 3 is 2.59 bits per heavy atom. The van der Waals surface area contributed by atoms with E-state index in [9.17, 15) is 4.79 Å². The molecule has 0 aliphatic heterocycles. The quantitative estimate of drug-likeness (QED) is 0.628. The molecule has 1 N–H and O–H groups in total. The molecule has 0 unspecified atom stereocenters. The molecule has 0 radical (unpaired) electrons. The van der Waals surface area contributed by atoms with E-state index in [2.05, 4.69) is 15.5 Å². The fourth-order valence-electron chi connectivity index (χ4n) is 2.98. The highest BCUT2D eigenvalue weighted by atomic mass is 35.5. The van der Waals surface area contributed by atoms with Gasteiger partial charge in [0.05, 0.1) is 28.6 Å². The molecule has 3 rings (SSSR count). The molecule has 0 aliphatic carbocycles. The third-order valence-corrected chi connectivity index (χ3v) is 4.97. The van der Waals surface area contributed by atoms with Gasteiger partial charge in [-0.3, -0.25) is 14.2 Å². The second kappa shape index (κ2) is 8.00. The van der Waals surface area contributed by atoms with Gasteiger partial charge in [-0.1, -0.05) is 11.6 Å². The Kier molecular flexibility index (Phi) is 5.70. The summed E-state index contributed by atoms with van der Waals surface area (Å²) >= 11 is 6.14. The van der Waals surface area contributed by atoms with Crippen molar-refractivity contribution in [1.82, 2.24) is 24.9 Å². The highest BCUT2D eigenvalue weighted by Crippen LogP contribution is 2.19. The number of amides is 1. The summed E-state index contributed by atoms with van der Waals surface area (Å²) in [6.07, 6.45) is 0.753. The van der Waals surface area contributed by atoms with E-state index < -0.39 is 0 Å². The molecule has 144 valence electrons. The third kappa shape index (κ3) is 4.42. The molecular weight excluding hydrogens is 366 g/mol. The first-order valence-electron chi connectivity index (χ1n) is 8.92. The van der Waals surface area contributed by atoms with Crippen molar-refractivity contribution in [3.63, 3.8) is 0 Å². The first-order chi connectivity index (χ1) is 12.8. The van der Waals surface area contributed by atoms with E-state index in [0.717, 1.165) is 29.2 Å². The number of carbonyl (C=O) groups excluding carboxylic acids is 1. The molecule has 3 heterocycles. The average molecular weight is 390 g/mol. The van der Waals surface area contributed by atoms with Crippen LogP contribution in [-0.2, 0) is 13.1 Å². The van der Waals surface area contributed by atoms with Crippen LogP contribution >= 0.6 is 11.6 Å². The first kappa shape index (κ1) is 19.2. The minimum atomic E-state index is -0.221. The van der Waals surface area contributed by atoms with E-state index in [0.29, 0.717) is 36.2 Å². The fourth-order valence-corrected chi connectivity index (χ4v) is 3.11. The van der Waals surface area contributed by atoms with Gasteiger partial charge in [0.1, 0.15) is 5.76 Å². The van der Waals surface area contributed by atoms with Crippen molar-refractivity contribution in [2.75, 3.05) is 6.54 Å². The Morgan fingerprint density at radius 2 is 1.96 bits per heavy atom. The summed E-state index contributed by atoms with van der Waals surface area (Å²) in [6.45, 7) is 9.49. The maximum Gasteiger partial charge on any atom is 0.286 e. The summed E-state index contributed by atoms with van der Waals surface area (Å²) in [6, 6.07) is 5.51. The van der Waals surface area contributed by atoms with Gasteiger partial charge in [0, 0.05) is 18.8 Å². The molecule has 0 bridgehead atoms. The van der Waals surface area contributed by atoms with Crippen LogP contribution in [0.25, 0.3) is 0 Å². The second-order valence-corrected chi connectivity index (χ2v) is 7.05. The molecule has 3 aromatic rings. The summed E-state index contributed by atoms with van der Waals surface area (Å²) in [4.78, 5) is 12.2. The summed E-state index contributed by atoms with van der Waals surface area (Å²) < 4.78 is 9.38. The van der Waals surface area contributed by atoms with Gasteiger partial charge in [-0.25, -0.2) is 0 Å². The number of hydrogen-bond donors (Lipinski definition) is 1. The van der Waals surface area contributed by atoms with Crippen LogP contribution in [-0.4, -0.2) is 32.0 Å². The van der Waals surface area contributed by atoms with Crippen LogP contribution in [0.1, 0.15) is 45.5 Å². The van der Waals surface area contributed by atoms with Crippen molar-refractivity contribution in [3.8, 4) is 0 Å². The predicted octanol–water partition coefficient (Wildman–Crippen LogP) is 3.43. The van der Waals surface area contributed by atoms with Crippen molar-refractivity contribution < 1.29 is 9.21 Å². The van der Waals surface area contributed by atoms with Gasteiger partial charge < -0.3 is 9.73 Å². The lowest BCUT2D eigenvalue weighted by Gasteiger charge is -2.06. The number of halogens is 1. The Morgan fingerprint density at radius 1 is 1.19 bits per heavy atom. The normalized spacial score (nSPS) is 11.1. The highest BCUT2D eigenvalue weighted by Gasteiger charge is 2.13. The van der Waals surface area contributed by atoms with Gasteiger partial charge in [0.25, 0.3) is 5.91 Å². The van der Waals surface area contributed by atoms with E-state index in [1.165, 1.54) is 0 Å². The van der Waals surface area contributed by atoms with Crippen molar-refractivity contribution in [2.45, 2.75) is 47.2 Å². The minimum Gasteiger partial charge on any atom is -0.454 e. The number of aromatic nitrogens is 4. The van der Waals surface area contributed by atoms with Crippen LogP contribution in [0.2, 0.25) is 5.02 Å². The summed E-state index contributed by atoms with van der Waals surface area (Å²) in [5.41, 5.74) is 3.78. The summed E-state index contributed by atoms with van der Waals surface area (Å²) in [5, 5.41) is 12.4. The zero-order valence-electron chi connectivity index (χ0n) is 16.0. The van der Waals surface area contributed by atoms with Gasteiger partial charge in [-0.05, 0) is 52.3 Å². The molecule has 0 aliphatic rings. The lowest BCUT2D eigenvalue weighted by Crippen LogP contribution is -2.25. The zero-order chi connectivity index (χ0) is 19.6.